The quantitative estimate of drug-likeness (QED) is 0.896. The summed E-state index contributed by atoms with van der Waals surface area (Å²) in [6.45, 7) is 1.88. The first-order valence-corrected chi connectivity index (χ1v) is 6.23. The summed E-state index contributed by atoms with van der Waals surface area (Å²) >= 11 is 0. The van der Waals surface area contributed by atoms with Crippen LogP contribution in [-0.2, 0) is 4.79 Å². The molecule has 0 heterocycles. The zero-order valence-electron chi connectivity index (χ0n) is 11.0. The average Bonchev–Trinajstić information content (AvgIpc) is 2.45. The predicted molar refractivity (Wildman–Crippen MR) is 75.5 cm³/mol. The lowest BCUT2D eigenvalue weighted by atomic mass is 10.1. The number of carboxylic acids is 1. The number of benzene rings is 2. The van der Waals surface area contributed by atoms with E-state index in [2.05, 4.69) is 5.32 Å². The lowest BCUT2D eigenvalue weighted by Crippen LogP contribution is -2.33. The topological polar surface area (TPSA) is 66.4 Å². The molecule has 2 aromatic rings. The van der Waals surface area contributed by atoms with Crippen LogP contribution in [0.4, 0.5) is 0 Å². The van der Waals surface area contributed by atoms with Gasteiger partial charge in [0.1, 0.15) is 0 Å². The maximum absolute atomic E-state index is 12.1. The summed E-state index contributed by atoms with van der Waals surface area (Å²) < 4.78 is 0. The summed E-state index contributed by atoms with van der Waals surface area (Å²) in [5, 5.41) is 11.8. The van der Waals surface area contributed by atoms with E-state index in [-0.39, 0.29) is 0 Å². The van der Waals surface area contributed by atoms with Crippen LogP contribution in [0, 0.1) is 6.92 Å². The van der Waals surface area contributed by atoms with Crippen molar-refractivity contribution < 1.29 is 14.7 Å². The molecule has 0 bridgehead atoms. The molecule has 0 saturated carbocycles. The molecule has 1 atom stereocenters. The number of carbonyl (C=O) groups excluding carboxylic acids is 1. The second kappa shape index (κ2) is 6.02. The monoisotopic (exact) mass is 269 g/mol. The molecule has 4 nitrogen and oxygen atoms in total. The number of aryl methyl sites for hydroxylation is 1. The van der Waals surface area contributed by atoms with Crippen molar-refractivity contribution >= 4 is 11.9 Å². The highest BCUT2D eigenvalue weighted by Gasteiger charge is 2.22. The van der Waals surface area contributed by atoms with Crippen LogP contribution < -0.4 is 5.32 Å². The van der Waals surface area contributed by atoms with Crippen LogP contribution in [0.2, 0.25) is 0 Å². The van der Waals surface area contributed by atoms with Crippen LogP contribution in [0.5, 0.6) is 0 Å². The van der Waals surface area contributed by atoms with Gasteiger partial charge in [0.25, 0.3) is 5.91 Å². The Kier molecular flexibility index (Phi) is 4.15. The van der Waals surface area contributed by atoms with Gasteiger partial charge in [0.05, 0.1) is 0 Å². The van der Waals surface area contributed by atoms with E-state index in [0.717, 1.165) is 5.56 Å². The molecule has 0 aliphatic carbocycles. The maximum Gasteiger partial charge on any atom is 0.330 e. The molecule has 0 saturated heterocycles. The van der Waals surface area contributed by atoms with Crippen LogP contribution in [-0.4, -0.2) is 17.0 Å². The van der Waals surface area contributed by atoms with Crippen LogP contribution >= 0.6 is 0 Å². The van der Waals surface area contributed by atoms with Gasteiger partial charge in [0.2, 0.25) is 0 Å². The highest BCUT2D eigenvalue weighted by molar-refractivity contribution is 5.96. The molecule has 1 amide bonds. The van der Waals surface area contributed by atoms with Gasteiger partial charge in [-0.15, -0.1) is 0 Å². The van der Waals surface area contributed by atoms with E-state index >= 15 is 0 Å². The minimum absolute atomic E-state index is 0.398. The summed E-state index contributed by atoms with van der Waals surface area (Å²) in [5.41, 5.74) is 1.94. The number of rotatable bonds is 4. The highest BCUT2D eigenvalue weighted by atomic mass is 16.4. The number of amides is 1. The van der Waals surface area contributed by atoms with Crippen LogP contribution in [0.1, 0.15) is 27.5 Å². The van der Waals surface area contributed by atoms with Crippen molar-refractivity contribution in [3.8, 4) is 0 Å². The third-order valence-corrected chi connectivity index (χ3v) is 2.94. The van der Waals surface area contributed by atoms with E-state index in [0.29, 0.717) is 11.1 Å². The summed E-state index contributed by atoms with van der Waals surface area (Å²) in [5.74, 6) is -1.48. The molecular weight excluding hydrogens is 254 g/mol. The molecule has 0 aliphatic heterocycles. The highest BCUT2D eigenvalue weighted by Crippen LogP contribution is 2.14. The number of aliphatic carboxylic acids is 1. The standard InChI is InChI=1S/C16H15NO3/c1-11-6-5-9-13(10-11)15(18)17-14(16(19)20)12-7-3-2-4-8-12/h2-10,14H,1H3,(H,17,18)(H,19,20)/t14-/m1/s1. The van der Waals surface area contributed by atoms with Crippen molar-refractivity contribution in [2.75, 3.05) is 0 Å². The summed E-state index contributed by atoms with van der Waals surface area (Å²) in [7, 11) is 0. The van der Waals surface area contributed by atoms with Gasteiger partial charge in [0, 0.05) is 5.56 Å². The van der Waals surface area contributed by atoms with E-state index in [1.165, 1.54) is 0 Å². The smallest absolute Gasteiger partial charge is 0.330 e. The first-order chi connectivity index (χ1) is 9.58. The number of nitrogens with one attached hydrogen (secondary N) is 1. The fourth-order valence-corrected chi connectivity index (χ4v) is 1.93. The second-order valence-electron chi connectivity index (χ2n) is 4.52. The summed E-state index contributed by atoms with van der Waals surface area (Å²) in [6.07, 6.45) is 0. The Balaban J connectivity index is 2.21. The predicted octanol–water partition coefficient (Wildman–Crippen LogP) is 2.55. The molecular formula is C16H15NO3. The number of hydrogen-bond donors (Lipinski definition) is 2. The number of carboxylic acid groups (broad SMARTS) is 1. The van der Waals surface area contributed by atoms with E-state index in [1.54, 1.807) is 48.5 Å². The van der Waals surface area contributed by atoms with Gasteiger partial charge in [0.15, 0.2) is 6.04 Å². The minimum Gasteiger partial charge on any atom is -0.479 e. The molecule has 0 unspecified atom stereocenters. The first-order valence-electron chi connectivity index (χ1n) is 6.23. The summed E-state index contributed by atoms with van der Waals surface area (Å²) in [4.78, 5) is 23.4. The lowest BCUT2D eigenvalue weighted by molar-refractivity contribution is -0.139. The molecule has 0 aliphatic rings. The van der Waals surface area contributed by atoms with Crippen molar-refractivity contribution in [2.24, 2.45) is 0 Å². The van der Waals surface area contributed by atoms with Gasteiger partial charge >= 0.3 is 5.97 Å². The van der Waals surface area contributed by atoms with E-state index in [9.17, 15) is 14.7 Å². The minimum atomic E-state index is -1.09. The van der Waals surface area contributed by atoms with Crippen molar-refractivity contribution in [2.45, 2.75) is 13.0 Å². The Morgan fingerprint density at radius 1 is 1.05 bits per heavy atom. The Morgan fingerprint density at radius 2 is 1.75 bits per heavy atom. The lowest BCUT2D eigenvalue weighted by Gasteiger charge is -2.15. The van der Waals surface area contributed by atoms with Gasteiger partial charge in [-0.1, -0.05) is 48.0 Å². The maximum atomic E-state index is 12.1. The number of carbonyl (C=O) groups is 2. The van der Waals surface area contributed by atoms with Crippen LogP contribution in [0.25, 0.3) is 0 Å². The average molecular weight is 269 g/mol. The molecule has 0 radical (unpaired) electrons. The molecule has 0 spiro atoms. The van der Waals surface area contributed by atoms with Crippen LogP contribution in [0.15, 0.2) is 54.6 Å². The Bertz CT molecular complexity index is 623. The van der Waals surface area contributed by atoms with Crippen molar-refractivity contribution in [3.63, 3.8) is 0 Å². The molecule has 0 fully saturated rings. The molecule has 0 aromatic heterocycles. The van der Waals surface area contributed by atoms with Gasteiger partial charge in [-0.3, -0.25) is 4.79 Å². The van der Waals surface area contributed by atoms with Crippen LogP contribution in [0.3, 0.4) is 0 Å². The molecule has 102 valence electrons. The number of hydrogen-bond acceptors (Lipinski definition) is 2. The van der Waals surface area contributed by atoms with Crippen molar-refractivity contribution in [1.29, 1.82) is 0 Å². The van der Waals surface area contributed by atoms with Gasteiger partial charge in [-0.2, -0.15) is 0 Å². The third-order valence-electron chi connectivity index (χ3n) is 2.94. The fraction of sp³-hybridized carbons (Fsp3) is 0.125. The normalized spacial score (nSPS) is 11.7. The van der Waals surface area contributed by atoms with Gasteiger partial charge < -0.3 is 10.4 Å². The second-order valence-corrected chi connectivity index (χ2v) is 4.52. The molecule has 4 heteroatoms. The van der Waals surface area contributed by atoms with E-state index in [4.69, 9.17) is 0 Å². The Morgan fingerprint density at radius 3 is 2.35 bits per heavy atom. The Hall–Kier alpha value is -2.62. The van der Waals surface area contributed by atoms with Crippen molar-refractivity contribution in [1.82, 2.24) is 5.32 Å². The fourth-order valence-electron chi connectivity index (χ4n) is 1.93. The molecule has 2 aromatic carbocycles. The van der Waals surface area contributed by atoms with Gasteiger partial charge in [-0.25, -0.2) is 4.79 Å². The molecule has 20 heavy (non-hydrogen) atoms. The Labute approximate surface area is 117 Å². The third kappa shape index (κ3) is 3.23. The zero-order chi connectivity index (χ0) is 14.5. The summed E-state index contributed by atoms with van der Waals surface area (Å²) in [6, 6.07) is 14.6. The van der Waals surface area contributed by atoms with Crippen molar-refractivity contribution in [3.05, 3.63) is 71.3 Å². The van der Waals surface area contributed by atoms with Gasteiger partial charge in [-0.05, 0) is 24.6 Å². The SMILES string of the molecule is Cc1cccc(C(=O)N[C@@H](C(=O)O)c2ccccc2)c1. The van der Waals surface area contributed by atoms with E-state index in [1.807, 2.05) is 13.0 Å². The molecule has 2 rings (SSSR count). The largest absolute Gasteiger partial charge is 0.479 e. The first kappa shape index (κ1) is 13.8. The molecule has 2 N–H and O–H groups in total. The zero-order valence-corrected chi connectivity index (χ0v) is 11.0. The van der Waals surface area contributed by atoms with E-state index < -0.39 is 17.9 Å².